The van der Waals surface area contributed by atoms with Crippen molar-refractivity contribution < 1.29 is 33.5 Å². The quantitative estimate of drug-likeness (QED) is 0.265. The van der Waals surface area contributed by atoms with Gasteiger partial charge in [-0.05, 0) is 31.2 Å². The maximum atomic E-state index is 11.1. The van der Waals surface area contributed by atoms with Gasteiger partial charge in [0.1, 0.15) is 0 Å². The third-order valence-corrected chi connectivity index (χ3v) is 1.76. The minimum atomic E-state index is -0.951. The summed E-state index contributed by atoms with van der Waals surface area (Å²) in [5.41, 5.74) is 0.373. The number of carbonyl (C=O) groups excluding carboxylic acids is 1. The normalized spacial score (nSPS) is 10.5. The van der Waals surface area contributed by atoms with Gasteiger partial charge in [0.2, 0.25) is 0 Å². The van der Waals surface area contributed by atoms with E-state index in [1.165, 1.54) is 0 Å². The second-order valence-corrected chi connectivity index (χ2v) is 3.05. The molecule has 0 spiro atoms. The Morgan fingerprint density at radius 1 is 1.44 bits per heavy atom. The molecule has 0 bridgehead atoms. The van der Waals surface area contributed by atoms with Crippen LogP contribution in [0.15, 0.2) is 29.3 Å². The zero-order chi connectivity index (χ0) is 11.3. The predicted octanol–water partition coefficient (Wildman–Crippen LogP) is -1.70. The first-order chi connectivity index (χ1) is 7.13. The molecule has 0 aliphatic heterocycles. The van der Waals surface area contributed by atoms with Crippen molar-refractivity contribution in [2.45, 2.75) is 6.92 Å². The molecule has 0 aromatic heterocycles. The second kappa shape index (κ2) is 7.34. The number of hydrogen-bond acceptors (Lipinski definition) is 4. The largest absolute Gasteiger partial charge is 1.00 e. The number of nitrogens with zero attached hydrogens (tertiary/aromatic N) is 1. The average molecular weight is 234 g/mol. The minimum Gasteiger partial charge on any atom is -0.854 e. The van der Waals surface area contributed by atoms with Gasteiger partial charge in [-0.25, -0.2) is 4.79 Å². The first-order valence-corrected chi connectivity index (χ1v) is 4.69. The minimum absolute atomic E-state index is 0. The van der Waals surface area contributed by atoms with Crippen LogP contribution in [0, 0.1) is 0 Å². The molecule has 0 saturated carbocycles. The van der Waals surface area contributed by atoms with Gasteiger partial charge in [0.25, 0.3) is 0 Å². The van der Waals surface area contributed by atoms with Gasteiger partial charge < -0.3 is 9.84 Å². The van der Waals surface area contributed by atoms with Crippen LogP contribution in [-0.4, -0.2) is 18.5 Å². The standard InChI is InChI=1S/C10H10ClNO3.Li/c1-2-15-10(14)9(13)12-8-5-3-7(11)4-6-8;/h3-6H,2H2,1H3,(H,12,13);/q;+1/p-1. The molecular weight excluding hydrogens is 225 g/mol. The Morgan fingerprint density at radius 3 is 2.50 bits per heavy atom. The third kappa shape index (κ3) is 4.71. The molecule has 0 aliphatic rings. The first-order valence-electron chi connectivity index (χ1n) is 4.32. The van der Waals surface area contributed by atoms with Crippen molar-refractivity contribution in [1.29, 1.82) is 0 Å². The van der Waals surface area contributed by atoms with E-state index in [9.17, 15) is 9.90 Å². The number of rotatable bonds is 2. The van der Waals surface area contributed by atoms with Crippen LogP contribution in [0.1, 0.15) is 6.92 Å². The number of carbonyl (C=O) groups is 1. The first kappa shape index (κ1) is 15.0. The molecule has 0 heterocycles. The van der Waals surface area contributed by atoms with Crippen molar-refractivity contribution in [3.05, 3.63) is 29.3 Å². The van der Waals surface area contributed by atoms with Crippen molar-refractivity contribution in [2.75, 3.05) is 6.61 Å². The van der Waals surface area contributed by atoms with Gasteiger partial charge in [-0.1, -0.05) is 11.6 Å². The Bertz CT molecular complexity index is 378. The molecule has 1 aromatic carbocycles. The number of benzene rings is 1. The summed E-state index contributed by atoms with van der Waals surface area (Å²) in [5.74, 6) is -1.87. The van der Waals surface area contributed by atoms with Gasteiger partial charge in [0, 0.05) is 5.02 Å². The maximum Gasteiger partial charge on any atom is 1.00 e. The van der Waals surface area contributed by atoms with E-state index in [2.05, 4.69) is 9.73 Å². The average Bonchev–Trinajstić information content (AvgIpc) is 2.22. The third-order valence-electron chi connectivity index (χ3n) is 1.51. The van der Waals surface area contributed by atoms with Crippen LogP contribution >= 0.6 is 11.6 Å². The second-order valence-electron chi connectivity index (χ2n) is 2.61. The van der Waals surface area contributed by atoms with Crippen molar-refractivity contribution in [3.63, 3.8) is 0 Å². The van der Waals surface area contributed by atoms with Crippen LogP contribution in [0.5, 0.6) is 0 Å². The fourth-order valence-corrected chi connectivity index (χ4v) is 0.997. The number of hydrogen-bond donors (Lipinski definition) is 0. The van der Waals surface area contributed by atoms with Crippen LogP contribution < -0.4 is 24.0 Å². The van der Waals surface area contributed by atoms with Crippen molar-refractivity contribution in [1.82, 2.24) is 0 Å². The number of esters is 1. The molecule has 0 radical (unpaired) electrons. The zero-order valence-electron chi connectivity index (χ0n) is 9.07. The van der Waals surface area contributed by atoms with E-state index in [1.807, 2.05) is 0 Å². The van der Waals surface area contributed by atoms with Gasteiger partial charge in [0.05, 0.1) is 18.2 Å². The van der Waals surface area contributed by atoms with Crippen molar-refractivity contribution >= 4 is 29.2 Å². The number of aliphatic imine (C=N–C) groups is 1. The smallest absolute Gasteiger partial charge is 0.854 e. The van der Waals surface area contributed by atoms with Crippen molar-refractivity contribution in [3.8, 4) is 0 Å². The number of halogens is 1. The monoisotopic (exact) mass is 233 g/mol. The summed E-state index contributed by atoms with van der Waals surface area (Å²) in [5, 5.41) is 11.7. The molecule has 1 aromatic rings. The summed E-state index contributed by atoms with van der Waals surface area (Å²) in [7, 11) is 0. The molecule has 0 saturated heterocycles. The Hall–Kier alpha value is -0.953. The molecule has 80 valence electrons. The van der Waals surface area contributed by atoms with Crippen LogP contribution in [0.3, 0.4) is 0 Å². The molecule has 0 fully saturated rings. The summed E-state index contributed by atoms with van der Waals surface area (Å²) in [6.45, 7) is 1.77. The Labute approximate surface area is 110 Å². The van der Waals surface area contributed by atoms with Crippen LogP contribution in [0.25, 0.3) is 0 Å². The Balaban J connectivity index is 0.00000225. The summed E-state index contributed by atoms with van der Waals surface area (Å²) < 4.78 is 4.49. The molecule has 0 aliphatic carbocycles. The molecule has 4 nitrogen and oxygen atoms in total. The van der Waals surface area contributed by atoms with Gasteiger partial charge in [-0.3, -0.25) is 4.99 Å². The summed E-state index contributed by atoms with van der Waals surface area (Å²) >= 11 is 5.64. The van der Waals surface area contributed by atoms with E-state index in [0.29, 0.717) is 10.7 Å². The summed E-state index contributed by atoms with van der Waals surface area (Å²) in [6, 6.07) is 6.25. The molecule has 0 N–H and O–H groups in total. The van der Waals surface area contributed by atoms with E-state index in [1.54, 1.807) is 31.2 Å². The van der Waals surface area contributed by atoms with E-state index in [4.69, 9.17) is 11.6 Å². The van der Waals surface area contributed by atoms with Gasteiger partial charge in [0.15, 0.2) is 0 Å². The topological polar surface area (TPSA) is 61.7 Å². The predicted molar refractivity (Wildman–Crippen MR) is 55.2 cm³/mol. The van der Waals surface area contributed by atoms with E-state index in [-0.39, 0.29) is 25.5 Å². The Morgan fingerprint density at radius 2 is 2.00 bits per heavy atom. The maximum absolute atomic E-state index is 11.1. The van der Waals surface area contributed by atoms with Crippen LogP contribution in [0.4, 0.5) is 5.69 Å². The molecule has 6 heteroatoms. The molecule has 0 unspecified atom stereocenters. The Kier molecular flexibility index (Phi) is 6.90. The fraction of sp³-hybridized carbons (Fsp3) is 0.200. The fourth-order valence-electron chi connectivity index (χ4n) is 0.871. The summed E-state index contributed by atoms with van der Waals surface area (Å²) in [6.07, 6.45) is 0. The van der Waals surface area contributed by atoms with Gasteiger partial charge in [-0.15, -0.1) is 0 Å². The van der Waals surface area contributed by atoms with Crippen LogP contribution in [-0.2, 0) is 9.53 Å². The van der Waals surface area contributed by atoms with E-state index >= 15 is 0 Å². The van der Waals surface area contributed by atoms with Crippen molar-refractivity contribution in [2.24, 2.45) is 4.99 Å². The van der Waals surface area contributed by atoms with Crippen LogP contribution in [0.2, 0.25) is 5.02 Å². The van der Waals surface area contributed by atoms with E-state index < -0.39 is 11.9 Å². The number of ether oxygens (including phenoxy) is 1. The van der Waals surface area contributed by atoms with E-state index in [0.717, 1.165) is 0 Å². The zero-order valence-corrected chi connectivity index (χ0v) is 9.82. The SMILES string of the molecule is CCOC(=O)C([O-])=Nc1ccc(Cl)cc1.[Li+]. The molecule has 0 amide bonds. The van der Waals surface area contributed by atoms with Gasteiger partial charge in [-0.2, -0.15) is 0 Å². The molecule has 16 heavy (non-hydrogen) atoms. The van der Waals surface area contributed by atoms with Gasteiger partial charge >= 0.3 is 24.8 Å². The summed E-state index contributed by atoms with van der Waals surface area (Å²) in [4.78, 5) is 14.5. The molecular formula is C10H9ClLiNO3. The molecule has 1 rings (SSSR count). The molecule has 0 atom stereocenters.